The quantitative estimate of drug-likeness (QED) is 0.751. The summed E-state index contributed by atoms with van der Waals surface area (Å²) in [7, 11) is 0. The molecule has 1 unspecified atom stereocenters. The molecule has 2 heterocycles. The fraction of sp³-hybridized carbons (Fsp3) is 0.364. The van der Waals surface area contributed by atoms with Crippen molar-refractivity contribution < 1.29 is 4.79 Å². The van der Waals surface area contributed by atoms with Gasteiger partial charge in [0, 0.05) is 24.6 Å². The van der Waals surface area contributed by atoms with E-state index in [2.05, 4.69) is 38.1 Å². The smallest absolute Gasteiger partial charge is 0.253 e. The summed E-state index contributed by atoms with van der Waals surface area (Å²) in [4.78, 5) is 14.7. The van der Waals surface area contributed by atoms with Crippen LogP contribution in [0.3, 0.4) is 0 Å². The number of carbonyl (C=O) groups excluding carboxylic acids is 1. The Bertz CT molecular complexity index is 453. The molecular formula is C11H11BrN2O. The van der Waals surface area contributed by atoms with E-state index in [1.54, 1.807) is 0 Å². The zero-order valence-electron chi connectivity index (χ0n) is 8.36. The highest BCUT2D eigenvalue weighted by Crippen LogP contribution is 2.28. The van der Waals surface area contributed by atoms with Crippen molar-refractivity contribution in [2.24, 2.45) is 0 Å². The lowest BCUT2D eigenvalue weighted by Crippen LogP contribution is -2.34. The standard InChI is InChI=1S/C11H11BrN2O/c1-2-3-4-7-6-13-11(15)8-5-9(12)14-10(7)8/h5,7,14H,4,6H2,1H3,(H,13,15). The lowest BCUT2D eigenvalue weighted by atomic mass is 9.95. The zero-order chi connectivity index (χ0) is 10.8. The molecule has 4 heteroatoms. The maximum absolute atomic E-state index is 11.5. The van der Waals surface area contributed by atoms with Gasteiger partial charge in [-0.05, 0) is 28.9 Å². The van der Waals surface area contributed by atoms with Crippen LogP contribution in [-0.2, 0) is 0 Å². The molecule has 0 bridgehead atoms. The second kappa shape index (κ2) is 4.11. The van der Waals surface area contributed by atoms with Crippen LogP contribution in [0.4, 0.5) is 0 Å². The minimum absolute atomic E-state index is 0.00680. The molecule has 3 nitrogen and oxygen atoms in total. The van der Waals surface area contributed by atoms with Gasteiger partial charge in [0.05, 0.1) is 10.2 Å². The molecular weight excluding hydrogens is 256 g/mol. The van der Waals surface area contributed by atoms with Crippen molar-refractivity contribution in [3.05, 3.63) is 21.9 Å². The first-order valence-corrected chi connectivity index (χ1v) is 5.58. The normalized spacial score (nSPS) is 18.8. The number of rotatable bonds is 1. The van der Waals surface area contributed by atoms with E-state index in [4.69, 9.17) is 0 Å². The van der Waals surface area contributed by atoms with Crippen molar-refractivity contribution in [2.45, 2.75) is 19.3 Å². The third kappa shape index (κ3) is 1.93. The van der Waals surface area contributed by atoms with Gasteiger partial charge < -0.3 is 10.3 Å². The average molecular weight is 267 g/mol. The van der Waals surface area contributed by atoms with Crippen molar-refractivity contribution in [1.29, 1.82) is 0 Å². The molecule has 0 saturated carbocycles. The highest BCUT2D eigenvalue weighted by atomic mass is 79.9. The van der Waals surface area contributed by atoms with Crippen molar-refractivity contribution >= 4 is 21.8 Å². The van der Waals surface area contributed by atoms with Crippen molar-refractivity contribution in [3.63, 3.8) is 0 Å². The van der Waals surface area contributed by atoms with Gasteiger partial charge in [-0.15, -0.1) is 11.8 Å². The molecule has 0 radical (unpaired) electrons. The summed E-state index contributed by atoms with van der Waals surface area (Å²) >= 11 is 3.34. The van der Waals surface area contributed by atoms with E-state index in [1.165, 1.54) is 0 Å². The molecule has 1 amide bonds. The Kier molecular flexibility index (Phi) is 2.83. The molecule has 2 rings (SSSR count). The molecule has 0 spiro atoms. The molecule has 0 saturated heterocycles. The van der Waals surface area contributed by atoms with E-state index in [9.17, 15) is 4.79 Å². The minimum Gasteiger partial charge on any atom is -0.352 e. The molecule has 1 aliphatic rings. The molecule has 1 aromatic rings. The van der Waals surface area contributed by atoms with Crippen LogP contribution < -0.4 is 5.32 Å². The number of nitrogens with one attached hydrogen (secondary N) is 2. The number of aromatic amines is 1. The van der Waals surface area contributed by atoms with Gasteiger partial charge >= 0.3 is 0 Å². The maximum atomic E-state index is 11.5. The Morgan fingerprint density at radius 1 is 1.67 bits per heavy atom. The molecule has 2 N–H and O–H groups in total. The summed E-state index contributed by atoms with van der Waals surface area (Å²) in [5, 5.41) is 2.86. The topological polar surface area (TPSA) is 44.9 Å². The molecule has 78 valence electrons. The van der Waals surface area contributed by atoms with Crippen LogP contribution in [0.2, 0.25) is 0 Å². The summed E-state index contributed by atoms with van der Waals surface area (Å²) < 4.78 is 0.846. The number of aromatic nitrogens is 1. The third-order valence-corrected chi connectivity index (χ3v) is 2.93. The Balaban J connectivity index is 2.34. The fourth-order valence-electron chi connectivity index (χ4n) is 1.76. The minimum atomic E-state index is -0.00680. The van der Waals surface area contributed by atoms with Crippen molar-refractivity contribution in [3.8, 4) is 11.8 Å². The molecule has 0 fully saturated rings. The van der Waals surface area contributed by atoms with Crippen LogP contribution in [-0.4, -0.2) is 17.4 Å². The van der Waals surface area contributed by atoms with Gasteiger partial charge in [-0.2, -0.15) is 0 Å². The second-order valence-electron chi connectivity index (χ2n) is 3.48. The number of halogens is 1. The third-order valence-electron chi connectivity index (χ3n) is 2.50. The highest BCUT2D eigenvalue weighted by Gasteiger charge is 2.26. The number of hydrogen-bond donors (Lipinski definition) is 2. The van der Waals surface area contributed by atoms with Crippen LogP contribution >= 0.6 is 15.9 Å². The van der Waals surface area contributed by atoms with Gasteiger partial charge in [0.25, 0.3) is 5.91 Å². The lowest BCUT2D eigenvalue weighted by Gasteiger charge is -2.20. The maximum Gasteiger partial charge on any atom is 0.253 e. The van der Waals surface area contributed by atoms with E-state index in [0.29, 0.717) is 6.54 Å². The lowest BCUT2D eigenvalue weighted by molar-refractivity contribution is 0.0940. The van der Waals surface area contributed by atoms with Gasteiger partial charge in [0.1, 0.15) is 0 Å². The zero-order valence-corrected chi connectivity index (χ0v) is 9.94. The molecule has 1 aliphatic heterocycles. The Morgan fingerprint density at radius 2 is 2.47 bits per heavy atom. The number of amides is 1. The number of H-pyrrole nitrogens is 1. The van der Waals surface area contributed by atoms with Gasteiger partial charge in [-0.3, -0.25) is 4.79 Å². The Hall–Kier alpha value is -1.21. The van der Waals surface area contributed by atoms with Crippen LogP contribution in [0.1, 0.15) is 35.3 Å². The summed E-state index contributed by atoms with van der Waals surface area (Å²) in [6.45, 7) is 2.49. The molecule has 1 atom stereocenters. The number of carbonyl (C=O) groups is 1. The van der Waals surface area contributed by atoms with E-state index < -0.39 is 0 Å². The van der Waals surface area contributed by atoms with E-state index in [0.717, 1.165) is 22.3 Å². The number of hydrogen-bond acceptors (Lipinski definition) is 1. The first kappa shape index (κ1) is 10.3. The molecule has 15 heavy (non-hydrogen) atoms. The first-order chi connectivity index (χ1) is 7.22. The van der Waals surface area contributed by atoms with Gasteiger partial charge in [0.15, 0.2) is 0 Å². The first-order valence-electron chi connectivity index (χ1n) is 4.78. The van der Waals surface area contributed by atoms with Crippen LogP contribution in [0, 0.1) is 11.8 Å². The van der Waals surface area contributed by atoms with Gasteiger partial charge in [0.2, 0.25) is 0 Å². The summed E-state index contributed by atoms with van der Waals surface area (Å²) in [5.41, 5.74) is 1.73. The summed E-state index contributed by atoms with van der Waals surface area (Å²) in [6.07, 6.45) is 0.775. The van der Waals surface area contributed by atoms with E-state index >= 15 is 0 Å². The average Bonchev–Trinajstić information content (AvgIpc) is 2.60. The predicted molar refractivity (Wildman–Crippen MR) is 61.6 cm³/mol. The van der Waals surface area contributed by atoms with Crippen molar-refractivity contribution in [1.82, 2.24) is 10.3 Å². The molecule has 0 aromatic carbocycles. The fourth-order valence-corrected chi connectivity index (χ4v) is 2.20. The van der Waals surface area contributed by atoms with E-state index in [-0.39, 0.29) is 11.8 Å². The van der Waals surface area contributed by atoms with Gasteiger partial charge in [-0.1, -0.05) is 0 Å². The van der Waals surface area contributed by atoms with Crippen LogP contribution in [0.5, 0.6) is 0 Å². The van der Waals surface area contributed by atoms with Crippen LogP contribution in [0.15, 0.2) is 10.7 Å². The SMILES string of the molecule is CC#CCC1CNC(=O)c2cc(Br)[nH]c21. The monoisotopic (exact) mass is 266 g/mol. The number of fused-ring (bicyclic) bond motifs is 1. The Morgan fingerprint density at radius 3 is 3.20 bits per heavy atom. The molecule has 0 aliphatic carbocycles. The van der Waals surface area contributed by atoms with Crippen molar-refractivity contribution in [2.75, 3.05) is 6.54 Å². The molecule has 1 aromatic heterocycles. The summed E-state index contributed by atoms with van der Waals surface area (Å²) in [5.74, 6) is 6.19. The largest absolute Gasteiger partial charge is 0.352 e. The van der Waals surface area contributed by atoms with Crippen LogP contribution in [0.25, 0.3) is 0 Å². The summed E-state index contributed by atoms with van der Waals surface area (Å²) in [6, 6.07) is 1.82. The Labute approximate surface area is 96.8 Å². The van der Waals surface area contributed by atoms with Gasteiger partial charge in [-0.25, -0.2) is 0 Å². The highest BCUT2D eigenvalue weighted by molar-refractivity contribution is 9.10. The van der Waals surface area contributed by atoms with E-state index in [1.807, 2.05) is 13.0 Å². The second-order valence-corrected chi connectivity index (χ2v) is 4.34. The predicted octanol–water partition coefficient (Wildman–Crippen LogP) is 2.02.